The number of ether oxygens (including phenoxy) is 1. The number of hydrogen-bond acceptors (Lipinski definition) is 2. The first-order valence-electron chi connectivity index (χ1n) is 4.53. The average molecular weight is 254 g/mol. The summed E-state index contributed by atoms with van der Waals surface area (Å²) in [5.41, 5.74) is 0. The van der Waals surface area contributed by atoms with Crippen molar-refractivity contribution in [2.24, 2.45) is 0 Å². The lowest BCUT2D eigenvalue weighted by Gasteiger charge is -2.17. The van der Waals surface area contributed by atoms with Crippen LogP contribution in [0.25, 0.3) is 0 Å². The average Bonchev–Trinajstić information content (AvgIpc) is 2.17. The second-order valence-electron chi connectivity index (χ2n) is 2.87. The van der Waals surface area contributed by atoms with E-state index >= 15 is 0 Å². The fourth-order valence-corrected chi connectivity index (χ4v) is 1.70. The van der Waals surface area contributed by atoms with Crippen molar-refractivity contribution in [3.63, 3.8) is 0 Å². The molecule has 0 unspecified atom stereocenters. The van der Waals surface area contributed by atoms with E-state index in [0.717, 1.165) is 5.75 Å². The van der Waals surface area contributed by atoms with Gasteiger partial charge in [-0.3, -0.25) is 0 Å². The molecule has 0 atom stereocenters. The molecular formula is C10H10F4OS. The molecule has 0 aliphatic rings. The third-order valence-electron chi connectivity index (χ3n) is 1.62. The van der Waals surface area contributed by atoms with Crippen molar-refractivity contribution in [1.82, 2.24) is 0 Å². The van der Waals surface area contributed by atoms with Crippen molar-refractivity contribution in [2.75, 3.05) is 5.75 Å². The Morgan fingerprint density at radius 3 is 2.62 bits per heavy atom. The summed E-state index contributed by atoms with van der Waals surface area (Å²) in [7, 11) is 0. The summed E-state index contributed by atoms with van der Waals surface area (Å²) in [6.07, 6.45) is -8.29. The Labute approximate surface area is 94.8 Å². The molecule has 0 aliphatic carbocycles. The smallest absolute Gasteiger partial charge is 0.428 e. The molecule has 16 heavy (non-hydrogen) atoms. The van der Waals surface area contributed by atoms with Crippen molar-refractivity contribution in [1.29, 1.82) is 0 Å². The van der Waals surface area contributed by atoms with Crippen LogP contribution in [-0.4, -0.2) is 18.3 Å². The van der Waals surface area contributed by atoms with Gasteiger partial charge in [-0.05, 0) is 24.0 Å². The van der Waals surface area contributed by atoms with Gasteiger partial charge in [0.1, 0.15) is 5.75 Å². The van der Waals surface area contributed by atoms with E-state index in [1.807, 2.05) is 6.92 Å². The van der Waals surface area contributed by atoms with Gasteiger partial charge in [0.05, 0.1) is 0 Å². The van der Waals surface area contributed by atoms with E-state index < -0.39 is 12.5 Å². The highest BCUT2D eigenvalue weighted by molar-refractivity contribution is 7.99. The van der Waals surface area contributed by atoms with Gasteiger partial charge in [-0.25, -0.2) is 0 Å². The summed E-state index contributed by atoms with van der Waals surface area (Å²) in [5.74, 6) is 0.498. The first-order chi connectivity index (χ1) is 7.45. The lowest BCUT2D eigenvalue weighted by Crippen LogP contribution is -2.33. The molecule has 1 nitrogen and oxygen atoms in total. The Kier molecular flexibility index (Phi) is 4.46. The van der Waals surface area contributed by atoms with Crippen molar-refractivity contribution in [2.45, 2.75) is 24.4 Å². The van der Waals surface area contributed by atoms with Crippen LogP contribution >= 0.6 is 11.8 Å². The molecule has 1 aromatic rings. The minimum atomic E-state index is -4.45. The van der Waals surface area contributed by atoms with Crippen LogP contribution in [0, 0.1) is 0 Å². The molecule has 0 saturated heterocycles. The minimum absolute atomic E-state index is 0.260. The van der Waals surface area contributed by atoms with E-state index in [-0.39, 0.29) is 5.75 Å². The van der Waals surface area contributed by atoms with E-state index in [1.54, 1.807) is 6.07 Å². The van der Waals surface area contributed by atoms with Crippen LogP contribution in [0.3, 0.4) is 0 Å². The molecule has 0 N–H and O–H groups in total. The van der Waals surface area contributed by atoms with Gasteiger partial charge in [-0.15, -0.1) is 11.8 Å². The fourth-order valence-electron chi connectivity index (χ4n) is 0.996. The van der Waals surface area contributed by atoms with Gasteiger partial charge in [0.15, 0.2) is 0 Å². The van der Waals surface area contributed by atoms with Crippen LogP contribution in [0.2, 0.25) is 0 Å². The number of benzene rings is 1. The molecule has 6 heteroatoms. The summed E-state index contributed by atoms with van der Waals surface area (Å²) < 4.78 is 52.8. The molecule has 0 amide bonds. The van der Waals surface area contributed by atoms with Gasteiger partial charge in [0, 0.05) is 4.90 Å². The molecule has 1 rings (SSSR count). The topological polar surface area (TPSA) is 9.23 Å². The van der Waals surface area contributed by atoms with Crippen molar-refractivity contribution >= 4 is 11.8 Å². The molecule has 0 fully saturated rings. The summed E-state index contributed by atoms with van der Waals surface area (Å²) >= 11 is 1.41. The van der Waals surface area contributed by atoms with Crippen LogP contribution in [0.5, 0.6) is 5.75 Å². The van der Waals surface area contributed by atoms with Gasteiger partial charge in [0.2, 0.25) is 0 Å². The molecule has 0 aromatic heterocycles. The molecule has 0 aliphatic heterocycles. The Morgan fingerprint density at radius 2 is 2.06 bits per heavy atom. The zero-order valence-electron chi connectivity index (χ0n) is 8.42. The van der Waals surface area contributed by atoms with Crippen LogP contribution < -0.4 is 4.74 Å². The standard InChI is InChI=1S/C10H10F4OS/c1-2-16-8-5-3-4-7(6-8)15-10(13,14)9(11)12/h3-6,9H,2H2,1H3. The van der Waals surface area contributed by atoms with Crippen molar-refractivity contribution in [3.8, 4) is 5.75 Å². The lowest BCUT2D eigenvalue weighted by atomic mass is 10.3. The quantitative estimate of drug-likeness (QED) is 0.579. The largest absolute Gasteiger partial charge is 0.461 e. The summed E-state index contributed by atoms with van der Waals surface area (Å²) in [6, 6.07) is 5.71. The number of thioether (sulfide) groups is 1. The first kappa shape index (κ1) is 13.2. The van der Waals surface area contributed by atoms with Crippen LogP contribution in [0.4, 0.5) is 17.6 Å². The van der Waals surface area contributed by atoms with E-state index in [4.69, 9.17) is 0 Å². The number of halogens is 4. The van der Waals surface area contributed by atoms with E-state index in [1.165, 1.54) is 30.0 Å². The fraction of sp³-hybridized carbons (Fsp3) is 0.400. The zero-order chi connectivity index (χ0) is 12.2. The Balaban J connectivity index is 2.77. The highest BCUT2D eigenvalue weighted by Gasteiger charge is 2.43. The van der Waals surface area contributed by atoms with Gasteiger partial charge in [-0.2, -0.15) is 17.6 Å². The molecule has 0 spiro atoms. The first-order valence-corrected chi connectivity index (χ1v) is 5.52. The minimum Gasteiger partial charge on any atom is -0.428 e. The molecule has 0 heterocycles. The Bertz CT molecular complexity index is 343. The maximum atomic E-state index is 12.6. The maximum Gasteiger partial charge on any atom is 0.461 e. The molecule has 0 saturated carbocycles. The van der Waals surface area contributed by atoms with Crippen molar-refractivity contribution < 1.29 is 22.3 Å². The number of alkyl halides is 4. The second kappa shape index (κ2) is 5.43. The molecule has 0 radical (unpaired) electrons. The van der Waals surface area contributed by atoms with E-state index in [9.17, 15) is 17.6 Å². The normalized spacial score (nSPS) is 11.9. The summed E-state index contributed by atoms with van der Waals surface area (Å²) in [6.45, 7) is 1.89. The molecule has 1 aromatic carbocycles. The Morgan fingerprint density at radius 1 is 1.38 bits per heavy atom. The van der Waals surface area contributed by atoms with Gasteiger partial charge in [-0.1, -0.05) is 13.0 Å². The van der Waals surface area contributed by atoms with Gasteiger partial charge in [0.25, 0.3) is 0 Å². The zero-order valence-corrected chi connectivity index (χ0v) is 9.24. The van der Waals surface area contributed by atoms with Crippen molar-refractivity contribution in [3.05, 3.63) is 24.3 Å². The van der Waals surface area contributed by atoms with Gasteiger partial charge >= 0.3 is 12.5 Å². The van der Waals surface area contributed by atoms with E-state index in [2.05, 4.69) is 4.74 Å². The van der Waals surface area contributed by atoms with Crippen LogP contribution in [-0.2, 0) is 0 Å². The lowest BCUT2D eigenvalue weighted by molar-refractivity contribution is -0.253. The third-order valence-corrected chi connectivity index (χ3v) is 2.50. The molecule has 90 valence electrons. The second-order valence-corrected chi connectivity index (χ2v) is 4.21. The van der Waals surface area contributed by atoms with Crippen LogP contribution in [0.1, 0.15) is 6.92 Å². The van der Waals surface area contributed by atoms with Crippen LogP contribution in [0.15, 0.2) is 29.2 Å². The monoisotopic (exact) mass is 254 g/mol. The summed E-state index contributed by atoms with van der Waals surface area (Å²) in [4.78, 5) is 0.699. The summed E-state index contributed by atoms with van der Waals surface area (Å²) in [5, 5.41) is 0. The SMILES string of the molecule is CCSc1cccc(OC(F)(F)C(F)F)c1. The molecule has 0 bridgehead atoms. The van der Waals surface area contributed by atoms with E-state index in [0.29, 0.717) is 4.90 Å². The Hall–Kier alpha value is -0.910. The predicted molar refractivity (Wildman–Crippen MR) is 54.4 cm³/mol. The highest BCUT2D eigenvalue weighted by atomic mass is 32.2. The maximum absolute atomic E-state index is 12.6. The number of hydrogen-bond donors (Lipinski definition) is 0. The number of rotatable bonds is 5. The third kappa shape index (κ3) is 3.59. The highest BCUT2D eigenvalue weighted by Crippen LogP contribution is 2.29. The van der Waals surface area contributed by atoms with Gasteiger partial charge < -0.3 is 4.74 Å². The predicted octanol–water partition coefficient (Wildman–Crippen LogP) is 4.04. The molecular weight excluding hydrogens is 244 g/mol.